The lowest BCUT2D eigenvalue weighted by atomic mass is 9.85. The fraction of sp³-hybridized carbons (Fsp3) is 0.875. The standard InChI is InChI=1S/C16H30N2O2/c1-7-10-12(5)18-13(11(4)8-2)14(19)17-16(6,9-3)15(18)20/h11-13H,7-10H2,1-6H3,(H,17,19). The van der Waals surface area contributed by atoms with E-state index in [0.29, 0.717) is 6.42 Å². The molecule has 0 aromatic heterocycles. The molecule has 2 amide bonds. The highest BCUT2D eigenvalue weighted by Crippen LogP contribution is 2.29. The summed E-state index contributed by atoms with van der Waals surface area (Å²) in [6.07, 6.45) is 3.47. The first-order valence-electron chi connectivity index (χ1n) is 7.97. The van der Waals surface area contributed by atoms with Crippen molar-refractivity contribution in [2.75, 3.05) is 0 Å². The van der Waals surface area contributed by atoms with Crippen molar-refractivity contribution in [1.82, 2.24) is 10.2 Å². The molecule has 1 fully saturated rings. The maximum Gasteiger partial charge on any atom is 0.248 e. The van der Waals surface area contributed by atoms with Crippen molar-refractivity contribution in [2.24, 2.45) is 5.92 Å². The normalized spacial score (nSPS) is 30.1. The minimum absolute atomic E-state index is 0.00579. The van der Waals surface area contributed by atoms with Gasteiger partial charge >= 0.3 is 0 Å². The molecule has 4 atom stereocenters. The number of hydrogen-bond donors (Lipinski definition) is 1. The number of rotatable bonds is 6. The lowest BCUT2D eigenvalue weighted by Gasteiger charge is -2.48. The zero-order chi connectivity index (χ0) is 15.5. The van der Waals surface area contributed by atoms with Gasteiger partial charge < -0.3 is 10.2 Å². The number of nitrogens with one attached hydrogen (secondary N) is 1. The van der Waals surface area contributed by atoms with Gasteiger partial charge in [-0.05, 0) is 32.6 Å². The molecule has 1 aliphatic rings. The molecule has 1 aliphatic heterocycles. The average molecular weight is 282 g/mol. The zero-order valence-electron chi connectivity index (χ0n) is 13.8. The highest BCUT2D eigenvalue weighted by molar-refractivity contribution is 5.99. The highest BCUT2D eigenvalue weighted by atomic mass is 16.2. The topological polar surface area (TPSA) is 49.4 Å². The monoisotopic (exact) mass is 282 g/mol. The fourth-order valence-corrected chi connectivity index (χ4v) is 2.96. The van der Waals surface area contributed by atoms with Gasteiger partial charge in [0.15, 0.2) is 0 Å². The van der Waals surface area contributed by atoms with E-state index in [-0.39, 0.29) is 29.8 Å². The largest absolute Gasteiger partial charge is 0.340 e. The predicted octanol–water partition coefficient (Wildman–Crippen LogP) is 2.72. The fourth-order valence-electron chi connectivity index (χ4n) is 2.96. The van der Waals surface area contributed by atoms with Crippen LogP contribution in [0.25, 0.3) is 0 Å². The predicted molar refractivity (Wildman–Crippen MR) is 81.3 cm³/mol. The van der Waals surface area contributed by atoms with Crippen molar-refractivity contribution in [3.63, 3.8) is 0 Å². The van der Waals surface area contributed by atoms with Crippen molar-refractivity contribution in [1.29, 1.82) is 0 Å². The van der Waals surface area contributed by atoms with Crippen molar-refractivity contribution >= 4 is 11.8 Å². The molecule has 4 nitrogen and oxygen atoms in total. The molecule has 116 valence electrons. The Morgan fingerprint density at radius 3 is 2.30 bits per heavy atom. The molecule has 0 aromatic carbocycles. The third-order valence-electron chi connectivity index (χ3n) is 4.75. The molecule has 1 rings (SSSR count). The summed E-state index contributed by atoms with van der Waals surface area (Å²) < 4.78 is 0. The number of carbonyl (C=O) groups excluding carboxylic acids is 2. The van der Waals surface area contributed by atoms with Crippen LogP contribution in [0, 0.1) is 5.92 Å². The van der Waals surface area contributed by atoms with E-state index in [2.05, 4.69) is 33.0 Å². The van der Waals surface area contributed by atoms with Gasteiger partial charge in [0.25, 0.3) is 0 Å². The number of carbonyl (C=O) groups is 2. The molecular weight excluding hydrogens is 252 g/mol. The molecule has 0 aliphatic carbocycles. The van der Waals surface area contributed by atoms with E-state index in [1.165, 1.54) is 0 Å². The summed E-state index contributed by atoms with van der Waals surface area (Å²) in [4.78, 5) is 27.3. The number of amides is 2. The lowest BCUT2D eigenvalue weighted by Crippen LogP contribution is -2.71. The van der Waals surface area contributed by atoms with Crippen LogP contribution in [-0.2, 0) is 9.59 Å². The Kier molecular flexibility index (Phi) is 5.60. The molecule has 1 saturated heterocycles. The Morgan fingerprint density at radius 1 is 1.25 bits per heavy atom. The summed E-state index contributed by atoms with van der Waals surface area (Å²) in [5.74, 6) is 0.261. The van der Waals surface area contributed by atoms with Crippen LogP contribution >= 0.6 is 0 Å². The Hall–Kier alpha value is -1.06. The van der Waals surface area contributed by atoms with Crippen LogP contribution in [0.1, 0.15) is 67.2 Å². The van der Waals surface area contributed by atoms with Crippen LogP contribution in [-0.4, -0.2) is 34.3 Å². The molecule has 1 N–H and O–H groups in total. The number of piperazine rings is 1. The summed E-state index contributed by atoms with van der Waals surface area (Å²) in [7, 11) is 0. The number of nitrogens with zero attached hydrogens (tertiary/aromatic N) is 1. The van der Waals surface area contributed by atoms with Crippen LogP contribution < -0.4 is 5.32 Å². The van der Waals surface area contributed by atoms with Gasteiger partial charge in [0.2, 0.25) is 11.8 Å². The molecule has 0 spiro atoms. The van der Waals surface area contributed by atoms with Gasteiger partial charge in [0, 0.05) is 6.04 Å². The van der Waals surface area contributed by atoms with E-state index in [9.17, 15) is 9.59 Å². The van der Waals surface area contributed by atoms with Gasteiger partial charge in [-0.1, -0.05) is 40.5 Å². The van der Waals surface area contributed by atoms with E-state index >= 15 is 0 Å². The Labute approximate surface area is 123 Å². The Morgan fingerprint density at radius 2 is 1.85 bits per heavy atom. The SMILES string of the molecule is CCCC(C)N1C(=O)C(C)(CC)NC(=O)C1C(C)CC. The second kappa shape index (κ2) is 6.59. The molecule has 0 radical (unpaired) electrons. The van der Waals surface area contributed by atoms with Crippen LogP contribution in [0.4, 0.5) is 0 Å². The van der Waals surface area contributed by atoms with Crippen molar-refractivity contribution in [2.45, 2.75) is 84.8 Å². The smallest absolute Gasteiger partial charge is 0.248 e. The third-order valence-corrected chi connectivity index (χ3v) is 4.75. The third kappa shape index (κ3) is 2.99. The summed E-state index contributed by atoms with van der Waals surface area (Å²) in [5, 5.41) is 2.95. The number of hydrogen-bond acceptors (Lipinski definition) is 2. The van der Waals surface area contributed by atoms with E-state index < -0.39 is 5.54 Å². The van der Waals surface area contributed by atoms with E-state index in [0.717, 1.165) is 19.3 Å². The van der Waals surface area contributed by atoms with Crippen LogP contribution in [0.15, 0.2) is 0 Å². The summed E-state index contributed by atoms with van der Waals surface area (Å²) in [6.45, 7) is 12.1. The van der Waals surface area contributed by atoms with Crippen LogP contribution in [0.3, 0.4) is 0 Å². The first-order chi connectivity index (χ1) is 9.32. The van der Waals surface area contributed by atoms with Crippen LogP contribution in [0.5, 0.6) is 0 Å². The molecular formula is C16H30N2O2. The van der Waals surface area contributed by atoms with Gasteiger partial charge in [-0.2, -0.15) is 0 Å². The minimum Gasteiger partial charge on any atom is -0.340 e. The van der Waals surface area contributed by atoms with E-state index in [4.69, 9.17) is 0 Å². The summed E-state index contributed by atoms with van der Waals surface area (Å²) in [6, 6.07) is -0.211. The quantitative estimate of drug-likeness (QED) is 0.814. The maximum atomic E-state index is 12.9. The summed E-state index contributed by atoms with van der Waals surface area (Å²) >= 11 is 0. The van der Waals surface area contributed by atoms with E-state index in [1.54, 1.807) is 0 Å². The van der Waals surface area contributed by atoms with Crippen LogP contribution in [0.2, 0.25) is 0 Å². The van der Waals surface area contributed by atoms with E-state index in [1.807, 2.05) is 18.7 Å². The van der Waals surface area contributed by atoms with Gasteiger partial charge in [0.05, 0.1) is 0 Å². The molecule has 1 heterocycles. The van der Waals surface area contributed by atoms with Crippen molar-refractivity contribution < 1.29 is 9.59 Å². The molecule has 20 heavy (non-hydrogen) atoms. The Balaban J connectivity index is 3.16. The molecule has 0 bridgehead atoms. The first kappa shape index (κ1) is 17.0. The van der Waals surface area contributed by atoms with Gasteiger partial charge in [-0.25, -0.2) is 0 Å². The second-order valence-electron chi connectivity index (χ2n) is 6.36. The maximum absolute atomic E-state index is 12.9. The Bertz CT molecular complexity index is 369. The molecule has 0 aromatic rings. The van der Waals surface area contributed by atoms with Gasteiger partial charge in [-0.15, -0.1) is 0 Å². The summed E-state index contributed by atoms with van der Waals surface area (Å²) in [5.41, 5.74) is -0.747. The van der Waals surface area contributed by atoms with Crippen molar-refractivity contribution in [3.05, 3.63) is 0 Å². The van der Waals surface area contributed by atoms with Gasteiger partial charge in [0.1, 0.15) is 11.6 Å². The minimum atomic E-state index is -0.747. The highest BCUT2D eigenvalue weighted by Gasteiger charge is 2.49. The molecule has 4 unspecified atom stereocenters. The lowest BCUT2D eigenvalue weighted by molar-refractivity contribution is -0.159. The average Bonchev–Trinajstić information content (AvgIpc) is 2.41. The second-order valence-corrected chi connectivity index (χ2v) is 6.36. The first-order valence-corrected chi connectivity index (χ1v) is 7.97. The van der Waals surface area contributed by atoms with Crippen molar-refractivity contribution in [3.8, 4) is 0 Å². The molecule has 0 saturated carbocycles. The zero-order valence-corrected chi connectivity index (χ0v) is 13.8. The molecule has 4 heteroatoms. The van der Waals surface area contributed by atoms with Gasteiger partial charge in [-0.3, -0.25) is 9.59 Å².